The summed E-state index contributed by atoms with van der Waals surface area (Å²) in [5, 5.41) is 23.2. The van der Waals surface area contributed by atoms with Gasteiger partial charge in [0.2, 0.25) is 0 Å². The summed E-state index contributed by atoms with van der Waals surface area (Å²) in [6.07, 6.45) is 5.51. The van der Waals surface area contributed by atoms with Crippen LogP contribution in [0.4, 0.5) is 0 Å². The summed E-state index contributed by atoms with van der Waals surface area (Å²) in [5.74, 6) is 1.35. The van der Waals surface area contributed by atoms with E-state index >= 15 is 0 Å². The highest BCUT2D eigenvalue weighted by Crippen LogP contribution is 2.45. The van der Waals surface area contributed by atoms with Crippen LogP contribution in [-0.4, -0.2) is 35.7 Å². The summed E-state index contributed by atoms with van der Waals surface area (Å²) < 4.78 is 12.4. The zero-order valence-corrected chi connectivity index (χ0v) is 22.6. The smallest absolute Gasteiger partial charge is 0.144 e. The Balaban J connectivity index is 2.21. The van der Waals surface area contributed by atoms with E-state index in [0.29, 0.717) is 41.4 Å². The van der Waals surface area contributed by atoms with Crippen molar-refractivity contribution < 1.29 is 19.7 Å². The highest BCUT2D eigenvalue weighted by molar-refractivity contribution is 5.83. The molecule has 37 heavy (non-hydrogen) atoms. The maximum Gasteiger partial charge on any atom is 0.144 e. The number of hydrogen-bond donors (Lipinski definition) is 2. The van der Waals surface area contributed by atoms with Crippen LogP contribution in [0.5, 0.6) is 17.2 Å². The Bertz CT molecular complexity index is 1090. The van der Waals surface area contributed by atoms with Gasteiger partial charge in [0.25, 0.3) is 0 Å². The average molecular weight is 504 g/mol. The number of aliphatic imine (C=N–C) groups is 1. The van der Waals surface area contributed by atoms with E-state index in [4.69, 9.17) is 14.5 Å². The van der Waals surface area contributed by atoms with E-state index in [2.05, 4.69) is 13.8 Å². The van der Waals surface area contributed by atoms with Crippen LogP contribution < -0.4 is 9.47 Å². The van der Waals surface area contributed by atoms with Gasteiger partial charge in [0, 0.05) is 22.9 Å². The molecule has 0 bridgehead atoms. The number of unbranched alkanes of at least 4 members (excludes halogenated alkanes) is 2. The van der Waals surface area contributed by atoms with Gasteiger partial charge in [0.15, 0.2) is 0 Å². The van der Waals surface area contributed by atoms with E-state index in [1.807, 2.05) is 68.4 Å². The molecule has 2 N–H and O–H groups in total. The van der Waals surface area contributed by atoms with Crippen molar-refractivity contribution in [3.63, 3.8) is 0 Å². The Morgan fingerprint density at radius 2 is 1.27 bits per heavy atom. The van der Waals surface area contributed by atoms with Crippen LogP contribution in [0.3, 0.4) is 0 Å². The van der Waals surface area contributed by atoms with Gasteiger partial charge in [-0.15, -0.1) is 0 Å². The number of phenols is 1. The molecule has 1 unspecified atom stereocenters. The van der Waals surface area contributed by atoms with Crippen LogP contribution in [0.25, 0.3) is 0 Å². The highest BCUT2D eigenvalue weighted by Gasteiger charge is 2.45. The maximum absolute atomic E-state index is 12.9. The lowest BCUT2D eigenvalue weighted by atomic mass is 9.75. The molecule has 5 nitrogen and oxygen atoms in total. The third-order valence-electron chi connectivity index (χ3n) is 6.48. The summed E-state index contributed by atoms with van der Waals surface area (Å²) >= 11 is 0. The van der Waals surface area contributed by atoms with Gasteiger partial charge in [-0.05, 0) is 43.0 Å². The predicted octanol–water partition coefficient (Wildman–Crippen LogP) is 7.13. The maximum atomic E-state index is 12.9. The Hall–Kier alpha value is -3.31. The van der Waals surface area contributed by atoms with Gasteiger partial charge in [-0.25, -0.2) is 0 Å². The van der Waals surface area contributed by atoms with E-state index in [1.165, 1.54) is 0 Å². The van der Waals surface area contributed by atoms with Gasteiger partial charge in [-0.2, -0.15) is 0 Å². The Morgan fingerprint density at radius 3 is 1.76 bits per heavy atom. The average Bonchev–Trinajstić information content (AvgIpc) is 2.90. The highest BCUT2D eigenvalue weighted by atomic mass is 16.5. The Morgan fingerprint density at radius 1 is 0.784 bits per heavy atom. The molecule has 0 saturated carbocycles. The minimum Gasteiger partial charge on any atom is -0.507 e. The third kappa shape index (κ3) is 6.92. The van der Waals surface area contributed by atoms with Crippen molar-refractivity contribution in [2.75, 3.05) is 13.2 Å². The van der Waals surface area contributed by atoms with Crippen LogP contribution in [0.1, 0.15) is 70.1 Å². The van der Waals surface area contributed by atoms with E-state index in [9.17, 15) is 10.2 Å². The fourth-order valence-electron chi connectivity index (χ4n) is 4.45. The number of phenolic OH excluding ortho intramolecular Hbond substituents is 1. The fourth-order valence-corrected chi connectivity index (χ4v) is 4.45. The first-order valence-corrected chi connectivity index (χ1v) is 13.4. The first-order chi connectivity index (χ1) is 17.9. The van der Waals surface area contributed by atoms with Crippen LogP contribution in [-0.2, 0) is 5.60 Å². The molecule has 198 valence electrons. The Kier molecular flexibility index (Phi) is 10.6. The second kappa shape index (κ2) is 13.8. The fraction of sp³-hybridized carbons (Fsp3) is 0.406. The van der Waals surface area contributed by atoms with Crippen molar-refractivity contribution in [3.8, 4) is 17.2 Å². The first kappa shape index (κ1) is 28.3. The topological polar surface area (TPSA) is 71.3 Å². The SMILES string of the molecule is CCCCOc1ccccc1C(O)(c1ccccc1OCCCC)C(N=Cc1ccccc1O)C(C)C. The number of hydrogen-bond acceptors (Lipinski definition) is 5. The van der Waals surface area contributed by atoms with Crippen molar-refractivity contribution in [2.24, 2.45) is 10.9 Å². The molecule has 0 fully saturated rings. The number of benzene rings is 3. The molecule has 0 aliphatic rings. The molecule has 3 rings (SSSR count). The number of aliphatic hydroxyl groups is 1. The summed E-state index contributed by atoms with van der Waals surface area (Å²) in [4.78, 5) is 4.91. The van der Waals surface area contributed by atoms with Crippen molar-refractivity contribution in [3.05, 3.63) is 89.5 Å². The summed E-state index contributed by atoms with van der Waals surface area (Å²) in [7, 11) is 0. The number of rotatable bonds is 14. The van der Waals surface area contributed by atoms with Crippen LogP contribution in [0, 0.1) is 5.92 Å². The molecule has 0 radical (unpaired) electrons. The molecule has 1 atom stereocenters. The van der Waals surface area contributed by atoms with E-state index in [0.717, 1.165) is 25.7 Å². The monoisotopic (exact) mass is 503 g/mol. The first-order valence-electron chi connectivity index (χ1n) is 13.4. The largest absolute Gasteiger partial charge is 0.507 e. The van der Waals surface area contributed by atoms with Crippen molar-refractivity contribution in [2.45, 2.75) is 65.0 Å². The van der Waals surface area contributed by atoms with Crippen molar-refractivity contribution in [1.82, 2.24) is 0 Å². The molecule has 0 spiro atoms. The van der Waals surface area contributed by atoms with Gasteiger partial charge in [-0.1, -0.05) is 89.1 Å². The van der Waals surface area contributed by atoms with Gasteiger partial charge in [-0.3, -0.25) is 4.99 Å². The summed E-state index contributed by atoms with van der Waals surface area (Å²) in [6.45, 7) is 9.45. The van der Waals surface area contributed by atoms with Crippen LogP contribution in [0.15, 0.2) is 77.8 Å². The molecule has 0 aliphatic heterocycles. The lowest BCUT2D eigenvalue weighted by Gasteiger charge is -2.39. The zero-order chi connectivity index (χ0) is 26.7. The molecule has 0 aliphatic carbocycles. The molecular weight excluding hydrogens is 462 g/mol. The molecular formula is C32H41NO4. The summed E-state index contributed by atoms with van der Waals surface area (Å²) in [5.41, 5.74) is 0.327. The predicted molar refractivity (Wildman–Crippen MR) is 151 cm³/mol. The van der Waals surface area contributed by atoms with Gasteiger partial charge >= 0.3 is 0 Å². The lowest BCUT2D eigenvalue weighted by Crippen LogP contribution is -2.43. The number of para-hydroxylation sites is 3. The zero-order valence-electron chi connectivity index (χ0n) is 22.6. The molecule has 5 heteroatoms. The minimum atomic E-state index is -1.55. The number of nitrogens with zero attached hydrogens (tertiary/aromatic N) is 1. The Labute approximate surface area is 221 Å². The number of ether oxygens (including phenoxy) is 2. The van der Waals surface area contributed by atoms with Gasteiger partial charge < -0.3 is 19.7 Å². The van der Waals surface area contributed by atoms with Crippen molar-refractivity contribution >= 4 is 6.21 Å². The van der Waals surface area contributed by atoms with E-state index in [1.54, 1.807) is 24.4 Å². The van der Waals surface area contributed by atoms with Crippen LogP contribution >= 0.6 is 0 Å². The lowest BCUT2D eigenvalue weighted by molar-refractivity contribution is 0.0309. The molecule has 0 aromatic heterocycles. The second-order valence-electron chi connectivity index (χ2n) is 9.69. The molecule has 3 aromatic carbocycles. The van der Waals surface area contributed by atoms with Crippen LogP contribution in [0.2, 0.25) is 0 Å². The second-order valence-corrected chi connectivity index (χ2v) is 9.69. The van der Waals surface area contributed by atoms with Crippen molar-refractivity contribution in [1.29, 1.82) is 0 Å². The molecule has 0 heterocycles. The standard InChI is InChI=1S/C32H41NO4/c1-5-7-21-36-29-19-13-10-16-26(29)32(35,27-17-11-14-20-30(27)37-22-8-6-2)31(24(3)4)33-23-25-15-9-12-18-28(25)34/h9-20,23-24,31,34-35H,5-8,21-22H2,1-4H3. The van der Waals surface area contributed by atoms with Gasteiger partial charge in [0.05, 0.1) is 19.3 Å². The minimum absolute atomic E-state index is 0.0560. The van der Waals surface area contributed by atoms with E-state index < -0.39 is 11.6 Å². The number of aromatic hydroxyl groups is 1. The third-order valence-corrected chi connectivity index (χ3v) is 6.48. The quantitative estimate of drug-likeness (QED) is 0.181. The molecule has 3 aromatic rings. The van der Waals surface area contributed by atoms with Gasteiger partial charge in [0.1, 0.15) is 22.8 Å². The molecule has 0 amide bonds. The molecule has 0 saturated heterocycles. The van der Waals surface area contributed by atoms with E-state index in [-0.39, 0.29) is 11.7 Å². The summed E-state index contributed by atoms with van der Waals surface area (Å²) in [6, 6.07) is 21.8. The normalized spacial score (nSPS) is 12.7.